The van der Waals surface area contributed by atoms with Crippen molar-refractivity contribution in [1.29, 1.82) is 5.26 Å². The summed E-state index contributed by atoms with van der Waals surface area (Å²) in [6, 6.07) is 7.32. The third-order valence-corrected chi connectivity index (χ3v) is 4.96. The van der Waals surface area contributed by atoms with Gasteiger partial charge in [0, 0.05) is 6.20 Å². The molecule has 2 aromatic rings. The van der Waals surface area contributed by atoms with Crippen LogP contribution in [0.1, 0.15) is 9.67 Å². The molecule has 23 heavy (non-hydrogen) atoms. The molecule has 0 aliphatic rings. The Labute approximate surface area is 136 Å². The fourth-order valence-electron chi connectivity index (χ4n) is 1.51. The summed E-state index contributed by atoms with van der Waals surface area (Å²) in [6.45, 7) is 0. The maximum absolute atomic E-state index is 12.3. The topological polar surface area (TPSA) is 122 Å². The van der Waals surface area contributed by atoms with Crippen LogP contribution in [0.3, 0.4) is 0 Å². The number of esters is 1. The van der Waals surface area contributed by atoms with E-state index in [1.807, 2.05) is 0 Å². The Balaban J connectivity index is 2.33. The third-order valence-electron chi connectivity index (χ3n) is 2.58. The first kappa shape index (κ1) is 16.6. The molecule has 0 saturated carbocycles. The molecule has 0 radical (unpaired) electrons. The summed E-state index contributed by atoms with van der Waals surface area (Å²) in [5.41, 5.74) is 2.64. The number of hydrogen-bond donors (Lipinski definition) is 1. The Morgan fingerprint density at radius 2 is 2.22 bits per heavy atom. The van der Waals surface area contributed by atoms with Gasteiger partial charge in [-0.3, -0.25) is 5.43 Å². The minimum Gasteiger partial charge on any atom is -0.465 e. The number of aromatic nitrogens is 1. The molecule has 1 N–H and O–H groups in total. The van der Waals surface area contributed by atoms with Gasteiger partial charge >= 0.3 is 5.97 Å². The van der Waals surface area contributed by atoms with E-state index in [-0.39, 0.29) is 15.6 Å². The number of thiophene rings is 1. The highest BCUT2D eigenvalue weighted by Gasteiger charge is 2.24. The van der Waals surface area contributed by atoms with Crippen LogP contribution in [0.4, 0.5) is 5.69 Å². The molecule has 0 atom stereocenters. The first-order chi connectivity index (χ1) is 11.0. The first-order valence-corrected chi connectivity index (χ1v) is 8.42. The van der Waals surface area contributed by atoms with E-state index in [9.17, 15) is 13.2 Å². The number of rotatable bonds is 4. The van der Waals surface area contributed by atoms with Crippen LogP contribution < -0.4 is 5.43 Å². The molecular weight excluding hydrogens is 340 g/mol. The number of nitriles is 1. The minimum atomic E-state index is -4.14. The zero-order valence-electron chi connectivity index (χ0n) is 11.8. The molecule has 0 aromatic carbocycles. The monoisotopic (exact) mass is 350 g/mol. The first-order valence-electron chi connectivity index (χ1n) is 6.06. The molecule has 2 heterocycles. The van der Waals surface area contributed by atoms with E-state index in [1.165, 1.54) is 37.6 Å². The lowest BCUT2D eigenvalue weighted by molar-refractivity contribution is 0.0607. The van der Waals surface area contributed by atoms with Crippen molar-refractivity contribution in [3.8, 4) is 6.07 Å². The van der Waals surface area contributed by atoms with Crippen molar-refractivity contribution < 1.29 is 17.9 Å². The van der Waals surface area contributed by atoms with Crippen LogP contribution in [0.5, 0.6) is 0 Å². The Morgan fingerprint density at radius 3 is 2.83 bits per heavy atom. The molecule has 0 bridgehead atoms. The van der Waals surface area contributed by atoms with Gasteiger partial charge in [-0.2, -0.15) is 10.4 Å². The van der Waals surface area contributed by atoms with Crippen molar-refractivity contribution in [2.45, 2.75) is 5.03 Å². The highest BCUT2D eigenvalue weighted by Crippen LogP contribution is 2.23. The van der Waals surface area contributed by atoms with E-state index < -0.39 is 20.9 Å². The highest BCUT2D eigenvalue weighted by atomic mass is 32.2. The van der Waals surface area contributed by atoms with Crippen LogP contribution in [0.2, 0.25) is 0 Å². The number of hydrogen-bond acceptors (Lipinski definition) is 9. The van der Waals surface area contributed by atoms with E-state index in [1.54, 1.807) is 11.4 Å². The van der Waals surface area contributed by atoms with Gasteiger partial charge < -0.3 is 4.74 Å². The third kappa shape index (κ3) is 3.53. The SMILES string of the molecule is COC(=O)c1sccc1N/N=C(/C#N)S(=O)(=O)c1ccccn1. The molecule has 0 aliphatic heterocycles. The number of carbonyl (C=O) groups excluding carboxylic acids is 1. The molecule has 118 valence electrons. The van der Waals surface area contributed by atoms with Crippen molar-refractivity contribution in [1.82, 2.24) is 4.98 Å². The van der Waals surface area contributed by atoms with E-state index in [4.69, 9.17) is 5.26 Å². The molecular formula is C13H10N4O4S2. The van der Waals surface area contributed by atoms with Gasteiger partial charge in [-0.25, -0.2) is 18.2 Å². The number of ether oxygens (including phenoxy) is 1. The van der Waals surface area contributed by atoms with Crippen molar-refractivity contribution in [3.05, 3.63) is 40.7 Å². The standard InChI is InChI=1S/C13H10N4O4S2/c1-21-13(18)12-9(5-7-22-12)16-17-11(8-14)23(19,20)10-4-2-3-6-15-10/h2-7,16H,1H3/b17-11-. The number of hydrazone groups is 1. The van der Waals surface area contributed by atoms with Gasteiger partial charge in [-0.1, -0.05) is 6.07 Å². The second-order valence-electron chi connectivity index (χ2n) is 3.97. The summed E-state index contributed by atoms with van der Waals surface area (Å²) in [4.78, 5) is 15.4. The molecule has 0 amide bonds. The summed E-state index contributed by atoms with van der Waals surface area (Å²) in [5, 5.41) is 13.2. The summed E-state index contributed by atoms with van der Waals surface area (Å²) in [6.07, 6.45) is 1.30. The normalized spacial score (nSPS) is 11.6. The maximum atomic E-state index is 12.3. The average Bonchev–Trinajstić information content (AvgIpc) is 3.04. The van der Waals surface area contributed by atoms with Gasteiger partial charge in [-0.05, 0) is 23.6 Å². The molecule has 0 fully saturated rings. The predicted molar refractivity (Wildman–Crippen MR) is 83.8 cm³/mol. The van der Waals surface area contributed by atoms with E-state index >= 15 is 0 Å². The number of nitrogens with zero attached hydrogens (tertiary/aromatic N) is 3. The minimum absolute atomic E-state index is 0.212. The molecule has 2 rings (SSSR count). The Morgan fingerprint density at radius 1 is 1.43 bits per heavy atom. The van der Waals surface area contributed by atoms with Crippen molar-refractivity contribution in [3.63, 3.8) is 0 Å². The zero-order chi connectivity index (χ0) is 16.9. The lowest BCUT2D eigenvalue weighted by atomic mass is 10.4. The Kier molecular flexibility index (Phi) is 5.05. The van der Waals surface area contributed by atoms with Crippen LogP contribution in [-0.4, -0.2) is 31.5 Å². The number of anilines is 1. The molecule has 8 nitrogen and oxygen atoms in total. The Hall–Kier alpha value is -2.77. The zero-order valence-corrected chi connectivity index (χ0v) is 13.4. The van der Waals surface area contributed by atoms with Crippen molar-refractivity contribution in [2.75, 3.05) is 12.5 Å². The predicted octanol–water partition coefficient (Wildman–Crippen LogP) is 1.65. The summed E-state index contributed by atoms with van der Waals surface area (Å²) in [7, 11) is -2.92. The summed E-state index contributed by atoms with van der Waals surface area (Å²) < 4.78 is 29.1. The molecule has 10 heteroatoms. The second kappa shape index (κ2) is 6.99. The van der Waals surface area contributed by atoms with Crippen LogP contribution >= 0.6 is 11.3 Å². The van der Waals surface area contributed by atoms with Crippen LogP contribution in [0.25, 0.3) is 0 Å². The van der Waals surface area contributed by atoms with E-state index in [0.717, 1.165) is 11.3 Å². The molecule has 2 aromatic heterocycles. The van der Waals surface area contributed by atoms with Gasteiger partial charge in [0.2, 0.25) is 0 Å². The molecule has 0 unspecified atom stereocenters. The lowest BCUT2D eigenvalue weighted by Gasteiger charge is -2.03. The highest BCUT2D eigenvalue weighted by molar-refractivity contribution is 8.07. The number of sulfone groups is 1. The number of carbonyl (C=O) groups is 1. The van der Waals surface area contributed by atoms with Gasteiger partial charge in [0.25, 0.3) is 14.9 Å². The molecule has 0 spiro atoms. The largest absolute Gasteiger partial charge is 0.465 e. The summed E-state index contributed by atoms with van der Waals surface area (Å²) >= 11 is 1.09. The van der Waals surface area contributed by atoms with Crippen LogP contribution in [0.15, 0.2) is 46.0 Å². The molecule has 0 saturated heterocycles. The van der Waals surface area contributed by atoms with Gasteiger partial charge in [0.15, 0.2) is 5.03 Å². The smallest absolute Gasteiger partial charge is 0.350 e. The Bertz CT molecular complexity index is 882. The average molecular weight is 350 g/mol. The van der Waals surface area contributed by atoms with Crippen LogP contribution in [-0.2, 0) is 14.6 Å². The van der Waals surface area contributed by atoms with Crippen molar-refractivity contribution >= 4 is 37.9 Å². The van der Waals surface area contributed by atoms with E-state index in [2.05, 4.69) is 20.2 Å². The van der Waals surface area contributed by atoms with Crippen molar-refractivity contribution in [2.24, 2.45) is 5.10 Å². The fraction of sp³-hybridized carbons (Fsp3) is 0.0769. The number of pyridine rings is 1. The van der Waals surface area contributed by atoms with Gasteiger partial charge in [0.1, 0.15) is 10.9 Å². The van der Waals surface area contributed by atoms with Gasteiger partial charge in [-0.15, -0.1) is 11.3 Å². The van der Waals surface area contributed by atoms with E-state index in [0.29, 0.717) is 0 Å². The van der Waals surface area contributed by atoms with Gasteiger partial charge in [0.05, 0.1) is 12.8 Å². The quantitative estimate of drug-likeness (QED) is 0.385. The summed E-state index contributed by atoms with van der Waals surface area (Å²) in [5.74, 6) is -0.594. The molecule has 0 aliphatic carbocycles. The number of methoxy groups -OCH3 is 1. The number of nitrogens with one attached hydrogen (secondary N) is 1. The lowest BCUT2D eigenvalue weighted by Crippen LogP contribution is -2.16. The second-order valence-corrected chi connectivity index (χ2v) is 6.69. The maximum Gasteiger partial charge on any atom is 0.350 e. The van der Waals surface area contributed by atoms with Crippen LogP contribution in [0, 0.1) is 11.3 Å². The fourth-order valence-corrected chi connectivity index (χ4v) is 3.21.